The Kier molecular flexibility index (Phi) is 11.0. The van der Waals surface area contributed by atoms with Crippen LogP contribution in [0.3, 0.4) is 0 Å². The number of hydrogen-bond acceptors (Lipinski definition) is 7. The molecule has 0 amide bonds. The summed E-state index contributed by atoms with van der Waals surface area (Å²) in [5.74, 6) is -6.80. The summed E-state index contributed by atoms with van der Waals surface area (Å²) in [6, 6.07) is 13.1. The summed E-state index contributed by atoms with van der Waals surface area (Å²) >= 11 is -0.386. The summed E-state index contributed by atoms with van der Waals surface area (Å²) in [4.78, 5) is 8.35. The van der Waals surface area contributed by atoms with Crippen molar-refractivity contribution in [1.82, 2.24) is 9.97 Å². The molecule has 0 unspecified atom stereocenters. The first-order valence-electron chi connectivity index (χ1n) is 11.9. The molecule has 0 radical (unpaired) electrons. The minimum Gasteiger partial charge on any atom is -0.300 e. The first-order chi connectivity index (χ1) is 20.8. The van der Waals surface area contributed by atoms with E-state index in [-0.39, 0.29) is 56.3 Å². The van der Waals surface area contributed by atoms with E-state index in [1.165, 1.54) is 44.2 Å². The topological polar surface area (TPSA) is 78.4 Å². The summed E-state index contributed by atoms with van der Waals surface area (Å²) < 4.78 is 162. The Morgan fingerprint density at radius 2 is 1.24 bits per heavy atom. The van der Waals surface area contributed by atoms with E-state index in [0.29, 0.717) is 6.07 Å². The van der Waals surface area contributed by atoms with Gasteiger partial charge in [-0.25, -0.2) is 8.42 Å². The minimum atomic E-state index is -6.43. The monoisotopic (exact) mass is 879 g/mol. The summed E-state index contributed by atoms with van der Waals surface area (Å²) in [5.41, 5.74) is -9.02. The van der Waals surface area contributed by atoms with E-state index in [9.17, 15) is 43.5 Å². The van der Waals surface area contributed by atoms with E-state index >= 15 is 8.78 Å². The van der Waals surface area contributed by atoms with Crippen molar-refractivity contribution in [2.45, 2.75) is 40.9 Å². The average molecular weight is 880 g/mol. The quantitative estimate of drug-likeness (QED) is 0.0583. The van der Waals surface area contributed by atoms with E-state index in [4.69, 9.17) is 0 Å². The van der Waals surface area contributed by atoms with Gasteiger partial charge in [-0.15, -0.1) is 42.3 Å². The molecule has 6 nitrogen and oxygen atoms in total. The standard InChI is InChI=1S/C27H14F10N2O4S2.Pt/c1-25(2,19-7-3-5-17(38-19)13-9-11-15(28)23(21(13)30)44-43-42-26(32,33)34)20-8-4-6-18(39-20)14-10-12-16(29)24(22(14)31)45(40,41)27(35,36)37;/h3-8,11-12H,1-2H3;/q-2;+2. The van der Waals surface area contributed by atoms with Crippen LogP contribution in [0.25, 0.3) is 22.5 Å². The van der Waals surface area contributed by atoms with Gasteiger partial charge in [0.15, 0.2) is 0 Å². The van der Waals surface area contributed by atoms with Gasteiger partial charge >= 0.3 is 32.9 Å². The van der Waals surface area contributed by atoms with Gasteiger partial charge in [0.25, 0.3) is 9.84 Å². The number of halogens is 10. The van der Waals surface area contributed by atoms with Crippen LogP contribution in [0.2, 0.25) is 0 Å². The van der Waals surface area contributed by atoms with Crippen LogP contribution in [-0.2, 0) is 45.5 Å². The molecule has 0 saturated carbocycles. The number of hydrogen-bond donors (Lipinski definition) is 0. The van der Waals surface area contributed by atoms with Crippen molar-refractivity contribution in [3.63, 3.8) is 0 Å². The first-order valence-corrected chi connectivity index (χ1v) is 14.1. The van der Waals surface area contributed by atoms with Crippen LogP contribution in [0.5, 0.6) is 0 Å². The smallest absolute Gasteiger partial charge is 0.300 e. The van der Waals surface area contributed by atoms with Gasteiger partial charge in [0, 0.05) is 21.7 Å². The molecule has 4 aromatic rings. The predicted molar refractivity (Wildman–Crippen MR) is 136 cm³/mol. The Labute approximate surface area is 272 Å². The molecule has 2 heterocycles. The van der Waals surface area contributed by atoms with E-state index in [0.717, 1.165) is 6.07 Å². The van der Waals surface area contributed by atoms with E-state index in [2.05, 4.69) is 31.3 Å². The maximum atomic E-state index is 15.1. The normalized spacial score (nSPS) is 12.6. The molecule has 0 atom stereocenters. The predicted octanol–water partition coefficient (Wildman–Crippen LogP) is 8.06. The number of pyridine rings is 2. The third kappa shape index (κ3) is 7.56. The Morgan fingerprint density at radius 3 is 1.72 bits per heavy atom. The van der Waals surface area contributed by atoms with E-state index in [1.54, 1.807) is 0 Å². The van der Waals surface area contributed by atoms with Gasteiger partial charge in [-0.05, 0) is 37.4 Å². The zero-order chi connectivity index (χ0) is 33.5. The fourth-order valence-electron chi connectivity index (χ4n) is 3.84. The zero-order valence-electron chi connectivity index (χ0n) is 22.6. The second kappa shape index (κ2) is 13.6. The molecule has 46 heavy (non-hydrogen) atoms. The maximum absolute atomic E-state index is 15.1. The molecule has 0 N–H and O–H groups in total. The molecule has 2 aromatic heterocycles. The molecule has 0 saturated heterocycles. The van der Waals surface area contributed by atoms with Crippen LogP contribution in [0.4, 0.5) is 43.9 Å². The molecule has 248 valence electrons. The van der Waals surface area contributed by atoms with Crippen molar-refractivity contribution in [2.24, 2.45) is 0 Å². The van der Waals surface area contributed by atoms with Gasteiger partial charge in [-0.3, -0.25) is 17.6 Å². The molecule has 0 aliphatic rings. The summed E-state index contributed by atoms with van der Waals surface area (Å²) in [7, 11) is -6.43. The number of benzene rings is 2. The van der Waals surface area contributed by atoms with Crippen molar-refractivity contribution in [3.8, 4) is 22.5 Å². The Bertz CT molecular complexity index is 1870. The molecular weight excluding hydrogens is 865 g/mol. The molecule has 0 aliphatic heterocycles. The molecular formula is C27H14F10N2O4PtS2. The molecule has 0 spiro atoms. The van der Waals surface area contributed by atoms with Gasteiger partial charge in [0.1, 0.15) is 0 Å². The van der Waals surface area contributed by atoms with Crippen LogP contribution < -0.4 is 0 Å². The van der Waals surface area contributed by atoms with Crippen molar-refractivity contribution >= 4 is 21.9 Å². The number of alkyl halides is 6. The number of rotatable bonds is 8. The Balaban J connectivity index is 0.00000576. The fourth-order valence-corrected chi connectivity index (χ4v) is 5.22. The van der Waals surface area contributed by atoms with E-state index in [1.807, 2.05) is 0 Å². The van der Waals surface area contributed by atoms with Gasteiger partial charge in [0.05, 0.1) is 40.2 Å². The molecule has 0 bridgehead atoms. The SMILES string of the molecule is CC(C)(c1cccc(-c2[c-]cc(F)c(SOOC(F)(F)F)c2F)n1)c1cccc(-c2[c-]cc(F)c(S(=O)(=O)C(F)(F)F)c2F)n1.[Pt+2]. The van der Waals surface area contributed by atoms with Crippen molar-refractivity contribution in [1.29, 1.82) is 0 Å². The second-order valence-electron chi connectivity index (χ2n) is 9.38. The molecule has 2 aromatic carbocycles. The largest absolute Gasteiger partial charge is 2.00 e. The molecule has 19 heteroatoms. The number of sulfone groups is 1. The molecule has 0 aliphatic carbocycles. The Hall–Kier alpha value is -3.05. The number of aromatic nitrogens is 2. The van der Waals surface area contributed by atoms with Gasteiger partial charge in [0.2, 0.25) is 0 Å². The second-order valence-corrected chi connectivity index (χ2v) is 12.0. The summed E-state index contributed by atoms with van der Waals surface area (Å²) in [5, 5.41) is 0. The minimum absolute atomic E-state index is 0. The Morgan fingerprint density at radius 1 is 0.761 bits per heavy atom. The maximum Gasteiger partial charge on any atom is 2.00 e. The zero-order valence-corrected chi connectivity index (χ0v) is 26.5. The van der Waals surface area contributed by atoms with Crippen LogP contribution >= 0.6 is 12.0 Å². The van der Waals surface area contributed by atoms with Crippen molar-refractivity contribution in [2.75, 3.05) is 0 Å². The van der Waals surface area contributed by atoms with Gasteiger partial charge < -0.3 is 9.97 Å². The van der Waals surface area contributed by atoms with Crippen molar-refractivity contribution in [3.05, 3.63) is 95.3 Å². The fraction of sp³-hybridized carbons (Fsp3) is 0.185. The molecule has 0 fully saturated rings. The first kappa shape index (κ1) is 37.4. The molecule has 4 rings (SSSR count). The van der Waals surface area contributed by atoms with Crippen molar-refractivity contribution < 1.29 is 82.6 Å². The third-order valence-corrected chi connectivity index (χ3v) is 8.27. The van der Waals surface area contributed by atoms with Crippen LogP contribution in [0.15, 0.2) is 58.3 Å². The van der Waals surface area contributed by atoms with Gasteiger partial charge in [-0.1, -0.05) is 35.4 Å². The summed E-state index contributed by atoms with van der Waals surface area (Å²) in [6.07, 6.45) is -5.25. The number of nitrogens with zero attached hydrogens (tertiary/aromatic N) is 2. The third-order valence-electron chi connectivity index (χ3n) is 6.07. The van der Waals surface area contributed by atoms with Crippen LogP contribution in [0, 0.1) is 35.4 Å². The van der Waals surface area contributed by atoms with Crippen LogP contribution in [0.1, 0.15) is 25.2 Å². The van der Waals surface area contributed by atoms with E-state index < -0.39 is 77.0 Å². The average Bonchev–Trinajstić information content (AvgIpc) is 2.94. The van der Waals surface area contributed by atoms with Gasteiger partial charge in [-0.2, -0.15) is 17.5 Å². The van der Waals surface area contributed by atoms with Crippen LogP contribution in [-0.4, -0.2) is 30.3 Å². The summed E-state index contributed by atoms with van der Waals surface area (Å²) in [6.45, 7) is 3.06.